The molecule has 6 nitrogen and oxygen atoms in total. The molecule has 0 radical (unpaired) electrons. The zero-order valence-corrected chi connectivity index (χ0v) is 13.6. The lowest BCUT2D eigenvalue weighted by molar-refractivity contribution is -0.0164. The molecule has 6 heteroatoms. The first-order chi connectivity index (χ1) is 10.3. The van der Waals surface area contributed by atoms with Crippen LogP contribution in [0.5, 0.6) is 0 Å². The van der Waals surface area contributed by atoms with E-state index in [0.717, 1.165) is 26.0 Å². The predicted octanol–water partition coefficient (Wildman–Crippen LogP) is 0.823. The third-order valence-corrected chi connectivity index (χ3v) is 2.70. The lowest BCUT2D eigenvalue weighted by Gasteiger charge is -2.11. The maximum absolute atomic E-state index is 9.50. The van der Waals surface area contributed by atoms with Crippen molar-refractivity contribution < 1.29 is 24.1 Å². The quantitative estimate of drug-likeness (QED) is 0.388. The molecule has 0 aliphatic heterocycles. The van der Waals surface area contributed by atoms with Crippen LogP contribution in [0, 0.1) is 0 Å². The van der Waals surface area contributed by atoms with Gasteiger partial charge in [0, 0.05) is 13.2 Å². The minimum absolute atomic E-state index is 0.335. The Morgan fingerprint density at radius 3 is 1.86 bits per heavy atom. The van der Waals surface area contributed by atoms with Crippen molar-refractivity contribution in [3.8, 4) is 0 Å². The molecule has 0 fully saturated rings. The number of nitrogens with one attached hydrogen (secondary N) is 1. The third kappa shape index (κ3) is 17.7. The Bertz CT molecular complexity index is 195. The monoisotopic (exact) mass is 307 g/mol. The second-order valence-electron chi connectivity index (χ2n) is 4.73. The van der Waals surface area contributed by atoms with E-state index >= 15 is 0 Å². The number of hydrogen-bond acceptors (Lipinski definition) is 6. The van der Waals surface area contributed by atoms with Crippen molar-refractivity contribution in [2.75, 3.05) is 65.9 Å². The summed E-state index contributed by atoms with van der Waals surface area (Å²) < 4.78 is 21.4. The van der Waals surface area contributed by atoms with E-state index in [1.165, 1.54) is 0 Å². The van der Waals surface area contributed by atoms with Crippen molar-refractivity contribution in [3.05, 3.63) is 0 Å². The number of aliphatic hydroxyl groups excluding tert-OH is 1. The Kier molecular flexibility index (Phi) is 17.6. The Balaban J connectivity index is 3.02. The summed E-state index contributed by atoms with van der Waals surface area (Å²) in [6.07, 6.45) is 1.80. The fourth-order valence-corrected chi connectivity index (χ4v) is 1.50. The van der Waals surface area contributed by atoms with Gasteiger partial charge < -0.3 is 29.4 Å². The summed E-state index contributed by atoms with van der Waals surface area (Å²) in [4.78, 5) is 0. The summed E-state index contributed by atoms with van der Waals surface area (Å²) in [5.74, 6) is 0. The molecule has 0 aromatic rings. The molecule has 0 amide bonds. The largest absolute Gasteiger partial charge is 0.389 e. The van der Waals surface area contributed by atoms with Crippen LogP contribution in [0.4, 0.5) is 0 Å². The van der Waals surface area contributed by atoms with Crippen molar-refractivity contribution in [1.82, 2.24) is 5.32 Å². The number of hydrogen-bond donors (Lipinski definition) is 2. The van der Waals surface area contributed by atoms with Crippen LogP contribution in [0.15, 0.2) is 0 Å². The van der Waals surface area contributed by atoms with Crippen molar-refractivity contribution in [3.63, 3.8) is 0 Å². The van der Waals surface area contributed by atoms with E-state index in [1.807, 2.05) is 6.92 Å². The van der Waals surface area contributed by atoms with Gasteiger partial charge in [-0.2, -0.15) is 0 Å². The molecule has 0 heterocycles. The summed E-state index contributed by atoms with van der Waals surface area (Å²) in [7, 11) is 0. The number of ether oxygens (including phenoxy) is 4. The van der Waals surface area contributed by atoms with E-state index in [2.05, 4.69) is 12.2 Å². The van der Waals surface area contributed by atoms with Crippen LogP contribution >= 0.6 is 0 Å². The number of rotatable bonds is 17. The maximum atomic E-state index is 9.50. The van der Waals surface area contributed by atoms with E-state index < -0.39 is 6.10 Å². The molecule has 21 heavy (non-hydrogen) atoms. The molecule has 1 unspecified atom stereocenters. The fourth-order valence-electron chi connectivity index (χ4n) is 1.50. The summed E-state index contributed by atoms with van der Waals surface area (Å²) in [5, 5.41) is 12.6. The van der Waals surface area contributed by atoms with Crippen LogP contribution in [0.25, 0.3) is 0 Å². The van der Waals surface area contributed by atoms with Crippen molar-refractivity contribution >= 4 is 0 Å². The van der Waals surface area contributed by atoms with Crippen LogP contribution in [-0.4, -0.2) is 77.2 Å². The molecule has 0 aromatic carbocycles. The summed E-state index contributed by atoms with van der Waals surface area (Å²) in [6.45, 7) is 10.1. The minimum Gasteiger partial charge on any atom is -0.389 e. The second kappa shape index (κ2) is 17.8. The third-order valence-electron chi connectivity index (χ3n) is 2.70. The van der Waals surface area contributed by atoms with Crippen LogP contribution in [0.2, 0.25) is 0 Å². The lowest BCUT2D eigenvalue weighted by atomic mass is 10.4. The first kappa shape index (κ1) is 20.8. The highest BCUT2D eigenvalue weighted by Crippen LogP contribution is 1.88. The molecule has 0 saturated carbocycles. The zero-order valence-electron chi connectivity index (χ0n) is 13.6. The average molecular weight is 307 g/mol. The molecule has 0 saturated heterocycles. The summed E-state index contributed by atoms with van der Waals surface area (Å²) >= 11 is 0. The lowest BCUT2D eigenvalue weighted by Crippen LogP contribution is -2.30. The Morgan fingerprint density at radius 1 is 0.810 bits per heavy atom. The van der Waals surface area contributed by atoms with Gasteiger partial charge in [-0.05, 0) is 13.0 Å². The van der Waals surface area contributed by atoms with E-state index in [4.69, 9.17) is 18.9 Å². The Hall–Kier alpha value is -0.240. The van der Waals surface area contributed by atoms with Crippen LogP contribution in [0.1, 0.15) is 26.7 Å². The van der Waals surface area contributed by atoms with E-state index in [0.29, 0.717) is 52.8 Å². The Morgan fingerprint density at radius 2 is 1.33 bits per heavy atom. The number of unbranched alkanes of at least 4 members (excludes halogenated alkanes) is 1. The smallest absolute Gasteiger partial charge is 0.0897 e. The van der Waals surface area contributed by atoms with Gasteiger partial charge in [-0.15, -0.1) is 0 Å². The SMILES string of the molecule is CCCCOCCOCCOCCOCC(O)CNCC. The number of aliphatic hydroxyl groups is 1. The van der Waals surface area contributed by atoms with Gasteiger partial charge in [-0.25, -0.2) is 0 Å². The van der Waals surface area contributed by atoms with E-state index in [9.17, 15) is 5.11 Å². The first-order valence-corrected chi connectivity index (χ1v) is 8.01. The molecule has 0 aliphatic rings. The van der Waals surface area contributed by atoms with Gasteiger partial charge in [0.05, 0.1) is 52.4 Å². The normalized spacial score (nSPS) is 12.7. The first-order valence-electron chi connectivity index (χ1n) is 8.01. The second-order valence-corrected chi connectivity index (χ2v) is 4.73. The van der Waals surface area contributed by atoms with Gasteiger partial charge in [-0.3, -0.25) is 0 Å². The number of likely N-dealkylation sites (N-methyl/N-ethyl adjacent to an activating group) is 1. The molecule has 0 aliphatic carbocycles. The van der Waals surface area contributed by atoms with Crippen LogP contribution in [-0.2, 0) is 18.9 Å². The molecule has 0 rings (SSSR count). The van der Waals surface area contributed by atoms with Crippen LogP contribution in [0.3, 0.4) is 0 Å². The van der Waals surface area contributed by atoms with E-state index in [1.54, 1.807) is 0 Å². The molecular formula is C15H33NO5. The molecular weight excluding hydrogens is 274 g/mol. The highest BCUT2D eigenvalue weighted by atomic mass is 16.6. The average Bonchev–Trinajstić information content (AvgIpc) is 2.49. The standard InChI is InChI=1S/C15H33NO5/c1-3-5-6-18-7-8-19-9-10-20-11-12-21-14-15(17)13-16-4-2/h15-17H,3-14H2,1-2H3. The minimum atomic E-state index is -0.457. The van der Waals surface area contributed by atoms with Crippen LogP contribution < -0.4 is 5.32 Å². The van der Waals surface area contributed by atoms with Crippen molar-refractivity contribution in [2.45, 2.75) is 32.8 Å². The highest BCUT2D eigenvalue weighted by Gasteiger charge is 2.02. The topological polar surface area (TPSA) is 69.2 Å². The van der Waals surface area contributed by atoms with E-state index in [-0.39, 0.29) is 0 Å². The van der Waals surface area contributed by atoms with Gasteiger partial charge in [0.25, 0.3) is 0 Å². The summed E-state index contributed by atoms with van der Waals surface area (Å²) in [6, 6.07) is 0. The maximum Gasteiger partial charge on any atom is 0.0897 e. The molecule has 1 atom stereocenters. The molecule has 2 N–H and O–H groups in total. The highest BCUT2D eigenvalue weighted by molar-refractivity contribution is 4.56. The van der Waals surface area contributed by atoms with Gasteiger partial charge in [0.15, 0.2) is 0 Å². The molecule has 128 valence electrons. The molecule has 0 aromatic heterocycles. The van der Waals surface area contributed by atoms with Crippen molar-refractivity contribution in [2.24, 2.45) is 0 Å². The molecule has 0 bridgehead atoms. The zero-order chi connectivity index (χ0) is 15.6. The summed E-state index contributed by atoms with van der Waals surface area (Å²) in [5.41, 5.74) is 0. The Labute approximate surface area is 129 Å². The van der Waals surface area contributed by atoms with Gasteiger partial charge >= 0.3 is 0 Å². The fraction of sp³-hybridized carbons (Fsp3) is 1.00. The van der Waals surface area contributed by atoms with Gasteiger partial charge in [0.1, 0.15) is 0 Å². The molecule has 0 spiro atoms. The van der Waals surface area contributed by atoms with Gasteiger partial charge in [-0.1, -0.05) is 20.3 Å². The van der Waals surface area contributed by atoms with Gasteiger partial charge in [0.2, 0.25) is 0 Å². The predicted molar refractivity (Wildman–Crippen MR) is 82.7 cm³/mol. The van der Waals surface area contributed by atoms with Crippen molar-refractivity contribution in [1.29, 1.82) is 0 Å².